The zero-order valence-corrected chi connectivity index (χ0v) is 30.2. The van der Waals surface area contributed by atoms with Gasteiger partial charge in [-0.3, -0.25) is 0 Å². The van der Waals surface area contributed by atoms with Gasteiger partial charge in [0.05, 0.1) is 18.8 Å². The van der Waals surface area contributed by atoms with E-state index in [0.717, 1.165) is 11.3 Å². The Morgan fingerprint density at radius 3 is 1.53 bits per heavy atom. The van der Waals surface area contributed by atoms with Crippen LogP contribution in [0.15, 0.2) is 24.3 Å². The van der Waals surface area contributed by atoms with Crippen LogP contribution in [-0.4, -0.2) is 56.0 Å². The third kappa shape index (κ3) is 7.83. The van der Waals surface area contributed by atoms with E-state index in [1.807, 2.05) is 18.2 Å². The van der Waals surface area contributed by atoms with Gasteiger partial charge in [0.2, 0.25) is 0 Å². The molecule has 2 rings (SSSR count). The summed E-state index contributed by atoms with van der Waals surface area (Å²) in [6.45, 7) is 35.0. The van der Waals surface area contributed by atoms with E-state index >= 15 is 0 Å². The quantitative estimate of drug-likeness (QED) is 0.234. The molecular weight excluding hydrogens is 523 g/mol. The Hall–Kier alpha value is -0.489. The third-order valence-corrected chi connectivity index (χ3v) is 23.2. The van der Waals surface area contributed by atoms with Crippen molar-refractivity contribution in [3.8, 4) is 0 Å². The molecule has 0 amide bonds. The third-order valence-electron chi connectivity index (χ3n) is 9.77. The van der Waals surface area contributed by atoms with Gasteiger partial charge in [-0.1, -0.05) is 80.5 Å². The van der Waals surface area contributed by atoms with Crippen molar-refractivity contribution in [2.45, 2.75) is 148 Å². The van der Waals surface area contributed by atoms with Crippen molar-refractivity contribution < 1.29 is 18.0 Å². The van der Waals surface area contributed by atoms with Gasteiger partial charge in [-0.25, -0.2) is 0 Å². The van der Waals surface area contributed by atoms with Crippen LogP contribution in [0.3, 0.4) is 0 Å². The molecule has 0 aliphatic carbocycles. The molecule has 4 atom stereocenters. The van der Waals surface area contributed by atoms with Crippen LogP contribution in [0.1, 0.15) is 67.9 Å². The molecule has 0 aromatic heterocycles. The van der Waals surface area contributed by atoms with Crippen molar-refractivity contribution in [3.05, 3.63) is 29.8 Å². The van der Waals surface area contributed by atoms with E-state index in [9.17, 15) is 0 Å². The Balaban J connectivity index is 2.54. The van der Waals surface area contributed by atoms with Crippen LogP contribution in [-0.2, 0) is 24.4 Å². The second kappa shape index (κ2) is 11.4. The molecular formula is C30H59NO4Si3. The van der Waals surface area contributed by atoms with Gasteiger partial charge in [0.15, 0.2) is 25.0 Å². The van der Waals surface area contributed by atoms with Crippen molar-refractivity contribution in [1.82, 2.24) is 0 Å². The van der Waals surface area contributed by atoms with Gasteiger partial charge < -0.3 is 23.7 Å². The first-order valence-corrected chi connectivity index (χ1v) is 23.1. The summed E-state index contributed by atoms with van der Waals surface area (Å²) in [4.78, 5) is 0. The number of ether oxygens (including phenoxy) is 1. The molecule has 0 unspecified atom stereocenters. The average Bonchev–Trinajstić information content (AvgIpc) is 3.01. The number of benzene rings is 1. The van der Waals surface area contributed by atoms with E-state index in [1.54, 1.807) is 0 Å². The monoisotopic (exact) mass is 581 g/mol. The standard InChI is InChI=1S/C30H59NO4Si3/c1-28(2,3)36(10,11)32-21-25-27(35-38(14,15)30(7,8)9)26(34-37(12,13)29(4,5)6)24(33-25)20-22-18-16-17-19-23(22)31/h16-19,24-27H,20-21,31H2,1-15H3/t24-,25+,26-,27+/m0/s1. The van der Waals surface area contributed by atoms with E-state index in [0.29, 0.717) is 13.0 Å². The van der Waals surface area contributed by atoms with Crippen LogP contribution in [0.5, 0.6) is 0 Å². The van der Waals surface area contributed by atoms with E-state index in [1.165, 1.54) is 0 Å². The first-order valence-electron chi connectivity index (χ1n) is 14.4. The lowest BCUT2D eigenvalue weighted by molar-refractivity contribution is -0.0159. The van der Waals surface area contributed by atoms with Crippen LogP contribution in [0.4, 0.5) is 5.69 Å². The van der Waals surface area contributed by atoms with Crippen LogP contribution in [0.2, 0.25) is 54.4 Å². The lowest BCUT2D eigenvalue weighted by Gasteiger charge is -2.44. The molecule has 38 heavy (non-hydrogen) atoms. The van der Waals surface area contributed by atoms with Crippen LogP contribution >= 0.6 is 0 Å². The number of nitrogens with two attached hydrogens (primary N) is 1. The Kier molecular flexibility index (Phi) is 10.1. The summed E-state index contributed by atoms with van der Waals surface area (Å²) in [7, 11) is -6.24. The van der Waals surface area contributed by atoms with Crippen molar-refractivity contribution in [3.63, 3.8) is 0 Å². The topological polar surface area (TPSA) is 62.9 Å². The predicted octanol–water partition coefficient (Wildman–Crippen LogP) is 8.38. The number of hydrogen-bond donors (Lipinski definition) is 1. The second-order valence-electron chi connectivity index (χ2n) is 15.9. The number of hydrogen-bond acceptors (Lipinski definition) is 5. The lowest BCUT2D eigenvalue weighted by atomic mass is 10.0. The maximum absolute atomic E-state index is 7.21. The number of para-hydroxylation sites is 1. The SMILES string of the molecule is CC(C)(C)[Si](C)(C)OC[C@H]1O[C@@H](Cc2ccccc2N)[C@H](O[Si](C)(C)C(C)(C)C)[C@@H]1O[Si](C)(C)C(C)(C)C. The van der Waals surface area contributed by atoms with Crippen molar-refractivity contribution >= 4 is 30.6 Å². The summed E-state index contributed by atoms with van der Waals surface area (Å²) in [5.74, 6) is 0. The molecule has 1 heterocycles. The summed E-state index contributed by atoms with van der Waals surface area (Å²) in [5.41, 5.74) is 8.29. The average molecular weight is 582 g/mol. The molecule has 8 heteroatoms. The van der Waals surface area contributed by atoms with Crippen LogP contribution in [0, 0.1) is 0 Å². The number of rotatable bonds is 9. The summed E-state index contributed by atoms with van der Waals surface area (Å²) in [5, 5.41) is 0.262. The number of anilines is 1. The predicted molar refractivity (Wildman–Crippen MR) is 171 cm³/mol. The highest BCUT2D eigenvalue weighted by Gasteiger charge is 2.54. The summed E-state index contributed by atoms with van der Waals surface area (Å²) in [6.07, 6.45) is -0.0261. The normalized spacial score (nSPS) is 24.2. The fraction of sp³-hybridized carbons (Fsp3) is 0.800. The number of nitrogen functional groups attached to an aromatic ring is 1. The highest BCUT2D eigenvalue weighted by atomic mass is 28.4. The molecule has 2 N–H and O–H groups in total. The van der Waals surface area contributed by atoms with Crippen molar-refractivity contribution in [1.29, 1.82) is 0 Å². The molecule has 1 aromatic carbocycles. The van der Waals surface area contributed by atoms with Crippen LogP contribution < -0.4 is 5.73 Å². The van der Waals surface area contributed by atoms with E-state index < -0.39 is 25.0 Å². The van der Waals surface area contributed by atoms with E-state index in [-0.39, 0.29) is 39.5 Å². The minimum Gasteiger partial charge on any atom is -0.414 e. The maximum Gasteiger partial charge on any atom is 0.192 e. The van der Waals surface area contributed by atoms with Crippen molar-refractivity contribution in [2.24, 2.45) is 0 Å². The lowest BCUT2D eigenvalue weighted by Crippen LogP contribution is -2.55. The highest BCUT2D eigenvalue weighted by Crippen LogP contribution is 2.45. The summed E-state index contributed by atoms with van der Waals surface area (Å²) in [6, 6.07) is 8.10. The van der Waals surface area contributed by atoms with Crippen molar-refractivity contribution in [2.75, 3.05) is 12.3 Å². The molecule has 1 aliphatic rings. The zero-order valence-electron chi connectivity index (χ0n) is 27.2. The van der Waals surface area contributed by atoms with Crippen LogP contribution in [0.25, 0.3) is 0 Å². The minimum absolute atomic E-state index is 0.0700. The fourth-order valence-corrected chi connectivity index (χ4v) is 7.52. The van der Waals surface area contributed by atoms with Gasteiger partial charge >= 0.3 is 0 Å². The van der Waals surface area contributed by atoms with Gasteiger partial charge in [0.1, 0.15) is 12.2 Å². The smallest absolute Gasteiger partial charge is 0.192 e. The molecule has 1 aliphatic heterocycles. The molecule has 1 fully saturated rings. The zero-order chi connectivity index (χ0) is 29.5. The molecule has 5 nitrogen and oxygen atoms in total. The van der Waals surface area contributed by atoms with Gasteiger partial charge in [0.25, 0.3) is 0 Å². The first kappa shape index (κ1) is 33.7. The molecule has 1 saturated heterocycles. The molecule has 1 aromatic rings. The van der Waals surface area contributed by atoms with Gasteiger partial charge in [-0.05, 0) is 66.0 Å². The molecule has 0 bridgehead atoms. The largest absolute Gasteiger partial charge is 0.414 e. The fourth-order valence-electron chi connectivity index (χ4n) is 3.86. The van der Waals surface area contributed by atoms with Gasteiger partial charge in [-0.2, -0.15) is 0 Å². The summed E-state index contributed by atoms with van der Waals surface area (Å²) >= 11 is 0. The first-order chi connectivity index (χ1) is 16.9. The Morgan fingerprint density at radius 1 is 0.684 bits per heavy atom. The molecule has 0 saturated carbocycles. The van der Waals surface area contributed by atoms with E-state index in [2.05, 4.69) is 108 Å². The molecule has 220 valence electrons. The van der Waals surface area contributed by atoms with E-state index in [4.69, 9.17) is 23.7 Å². The maximum atomic E-state index is 7.21. The molecule has 0 radical (unpaired) electrons. The Labute approximate surface area is 237 Å². The molecule has 0 spiro atoms. The highest BCUT2D eigenvalue weighted by molar-refractivity contribution is 6.75. The Bertz CT molecular complexity index is 929. The van der Waals surface area contributed by atoms with Gasteiger partial charge in [-0.15, -0.1) is 0 Å². The summed E-state index contributed by atoms with van der Waals surface area (Å²) < 4.78 is 28.1. The minimum atomic E-state index is -2.13. The van der Waals surface area contributed by atoms with Gasteiger partial charge in [0, 0.05) is 12.1 Å². The second-order valence-corrected chi connectivity index (χ2v) is 30.2. The Morgan fingerprint density at radius 2 is 1.11 bits per heavy atom.